The topological polar surface area (TPSA) is 87.9 Å². The largest absolute Gasteiger partial charge is 0.358 e. The van der Waals surface area contributed by atoms with Crippen LogP contribution in [-0.2, 0) is 13.1 Å². The fourth-order valence-electron chi connectivity index (χ4n) is 8.99. The summed E-state index contributed by atoms with van der Waals surface area (Å²) < 4.78 is 32.5. The Labute approximate surface area is 289 Å². The van der Waals surface area contributed by atoms with Crippen molar-refractivity contribution in [1.82, 2.24) is 30.6 Å². The fourth-order valence-corrected chi connectivity index (χ4v) is 8.99. The van der Waals surface area contributed by atoms with Crippen LogP contribution in [0.15, 0.2) is 72.8 Å². The van der Waals surface area contributed by atoms with Crippen molar-refractivity contribution in [1.29, 1.82) is 0 Å². The zero-order valence-corrected chi connectivity index (χ0v) is 27.9. The lowest BCUT2D eigenvalue weighted by atomic mass is 10.0. The minimum atomic E-state index is -0.535. The Morgan fingerprint density at radius 2 is 1.14 bits per heavy atom. The van der Waals surface area contributed by atoms with Crippen molar-refractivity contribution in [3.8, 4) is 0 Å². The van der Waals surface area contributed by atoms with Gasteiger partial charge >= 0.3 is 0 Å². The van der Waals surface area contributed by atoms with Gasteiger partial charge in [-0.25, -0.2) is 18.7 Å². The third kappa shape index (κ3) is 5.07. The van der Waals surface area contributed by atoms with E-state index in [0.717, 1.165) is 108 Å². The number of halogens is 2. The van der Waals surface area contributed by atoms with Gasteiger partial charge in [0.15, 0.2) is 11.6 Å². The van der Waals surface area contributed by atoms with E-state index in [9.17, 15) is 0 Å². The number of rotatable bonds is 6. The highest BCUT2D eigenvalue weighted by molar-refractivity contribution is 5.78. The Bertz CT molecular complexity index is 2080. The van der Waals surface area contributed by atoms with Gasteiger partial charge in [0.2, 0.25) is 0 Å². The molecule has 0 saturated carbocycles. The van der Waals surface area contributed by atoms with Crippen LogP contribution in [0, 0.1) is 11.6 Å². The second kappa shape index (κ2) is 11.9. The third-order valence-corrected chi connectivity index (χ3v) is 11.4. The molecule has 0 spiro atoms. The van der Waals surface area contributed by atoms with E-state index in [1.54, 1.807) is 12.1 Å². The standard InChI is InChI=1S/C40H40F2N8/c41-28-19-27(20-29(42)38(28)49-21-25-5-1-2-6-26(25)22-49)50-36(23-9-11-30-34(17-23)47-39(45-30)32-7-3-15-43-32)13-14-37(50)24-10-12-31-35(18-24)48-40(46-31)33-8-4-16-44-33/h1-2,5-6,9-12,17-20,32-33,36-37,43-44H,3-4,7-8,13-16,21-22H2,(H,45,47)(H,46,48)/t32-,33-,36+,37+/m0/s1. The van der Waals surface area contributed by atoms with Gasteiger partial charge in [-0.2, -0.15) is 0 Å². The molecule has 0 amide bonds. The molecule has 0 aliphatic carbocycles. The molecule has 4 N–H and O–H groups in total. The highest BCUT2D eigenvalue weighted by Gasteiger charge is 2.37. The number of aromatic nitrogens is 4. The first kappa shape index (κ1) is 30.1. The Morgan fingerprint density at radius 1 is 0.620 bits per heavy atom. The second-order valence-corrected chi connectivity index (χ2v) is 14.5. The van der Waals surface area contributed by atoms with Crippen LogP contribution in [0.2, 0.25) is 0 Å². The van der Waals surface area contributed by atoms with Gasteiger partial charge in [0.05, 0.1) is 46.2 Å². The number of nitrogens with zero attached hydrogens (tertiary/aromatic N) is 4. The minimum Gasteiger partial charge on any atom is -0.358 e. The lowest BCUT2D eigenvalue weighted by Crippen LogP contribution is -2.27. The number of nitrogens with one attached hydrogen (secondary N) is 4. The maximum Gasteiger partial charge on any atom is 0.151 e. The van der Waals surface area contributed by atoms with Gasteiger partial charge in [-0.3, -0.25) is 0 Å². The van der Waals surface area contributed by atoms with Gasteiger partial charge in [-0.1, -0.05) is 36.4 Å². The molecule has 10 heteroatoms. The minimum absolute atomic E-state index is 0.0381. The predicted molar refractivity (Wildman–Crippen MR) is 192 cm³/mol. The van der Waals surface area contributed by atoms with Gasteiger partial charge in [0, 0.05) is 18.8 Å². The number of aromatic amines is 2. The van der Waals surface area contributed by atoms with Gasteiger partial charge in [-0.15, -0.1) is 0 Å². The summed E-state index contributed by atoms with van der Waals surface area (Å²) in [6, 6.07) is 24.2. The summed E-state index contributed by atoms with van der Waals surface area (Å²) in [5, 5.41) is 7.08. The smallest absolute Gasteiger partial charge is 0.151 e. The Morgan fingerprint density at radius 3 is 1.62 bits per heavy atom. The average molecular weight is 671 g/mol. The van der Waals surface area contributed by atoms with Crippen LogP contribution in [0.3, 0.4) is 0 Å². The number of benzene rings is 4. The molecule has 8 nitrogen and oxygen atoms in total. The summed E-state index contributed by atoms with van der Waals surface area (Å²) in [5.41, 5.74) is 8.86. The van der Waals surface area contributed by atoms with Crippen LogP contribution in [0.5, 0.6) is 0 Å². The van der Waals surface area contributed by atoms with Crippen molar-refractivity contribution >= 4 is 33.4 Å². The van der Waals surface area contributed by atoms with Crippen molar-refractivity contribution in [2.24, 2.45) is 0 Å². The lowest BCUT2D eigenvalue weighted by Gasteiger charge is -2.34. The highest BCUT2D eigenvalue weighted by Crippen LogP contribution is 2.49. The molecule has 6 aromatic rings. The van der Waals surface area contributed by atoms with E-state index in [1.165, 1.54) is 0 Å². The molecule has 3 saturated heterocycles. The van der Waals surface area contributed by atoms with Crippen molar-refractivity contribution in [2.75, 3.05) is 22.9 Å². The van der Waals surface area contributed by atoms with E-state index in [2.05, 4.69) is 61.9 Å². The molecule has 4 atom stereocenters. The molecule has 4 aromatic carbocycles. The molecule has 4 aliphatic rings. The van der Waals surface area contributed by atoms with Crippen LogP contribution < -0.4 is 20.4 Å². The van der Waals surface area contributed by atoms with Gasteiger partial charge in [-0.05, 0) is 110 Å². The van der Waals surface area contributed by atoms with Crippen molar-refractivity contribution in [2.45, 2.75) is 75.8 Å². The van der Waals surface area contributed by atoms with Crippen molar-refractivity contribution < 1.29 is 8.78 Å². The van der Waals surface area contributed by atoms with Crippen molar-refractivity contribution in [3.05, 3.63) is 118 Å². The summed E-state index contributed by atoms with van der Waals surface area (Å²) in [5.74, 6) is 0.875. The van der Waals surface area contributed by atoms with Gasteiger partial charge in [0.25, 0.3) is 0 Å². The van der Waals surface area contributed by atoms with Crippen LogP contribution in [0.4, 0.5) is 20.2 Å². The second-order valence-electron chi connectivity index (χ2n) is 14.5. The van der Waals surface area contributed by atoms with E-state index < -0.39 is 11.6 Å². The molecule has 0 radical (unpaired) electrons. The van der Waals surface area contributed by atoms with Gasteiger partial charge < -0.3 is 30.4 Å². The zero-order valence-electron chi connectivity index (χ0n) is 27.9. The van der Waals surface area contributed by atoms with Crippen LogP contribution in [0.25, 0.3) is 22.1 Å². The van der Waals surface area contributed by atoms with E-state index in [1.807, 2.05) is 29.2 Å². The average Bonchev–Trinajstić information content (AvgIpc) is 3.96. The molecule has 0 bridgehead atoms. The van der Waals surface area contributed by atoms with Gasteiger partial charge in [0.1, 0.15) is 17.3 Å². The van der Waals surface area contributed by atoms with E-state index >= 15 is 8.78 Å². The Balaban J connectivity index is 1.04. The summed E-state index contributed by atoms with van der Waals surface area (Å²) in [6.07, 6.45) is 6.11. The summed E-state index contributed by atoms with van der Waals surface area (Å²) >= 11 is 0. The number of imidazole rings is 2. The summed E-state index contributed by atoms with van der Waals surface area (Å²) in [4.78, 5) is 21.0. The number of hydrogen-bond donors (Lipinski definition) is 4. The summed E-state index contributed by atoms with van der Waals surface area (Å²) in [7, 11) is 0. The quantitative estimate of drug-likeness (QED) is 0.143. The molecular weight excluding hydrogens is 630 g/mol. The first-order valence-corrected chi connectivity index (χ1v) is 18.1. The molecule has 254 valence electrons. The number of hydrogen-bond acceptors (Lipinski definition) is 6. The number of H-pyrrole nitrogens is 2. The SMILES string of the molecule is Fc1cc(N2[C@@H](c3ccc4nc([C@@H]5CCCN5)[nH]c4c3)CC[C@@H]2c2ccc3nc([C@@H]4CCCN4)[nH]c3c2)cc(F)c1N1Cc2ccccc2C1. The predicted octanol–water partition coefficient (Wildman–Crippen LogP) is 8.17. The highest BCUT2D eigenvalue weighted by atomic mass is 19.1. The Hall–Kier alpha value is -4.80. The monoisotopic (exact) mass is 670 g/mol. The molecule has 4 aliphatic heterocycles. The first-order chi connectivity index (χ1) is 24.6. The number of anilines is 2. The molecule has 3 fully saturated rings. The van der Waals surface area contributed by atoms with E-state index in [-0.39, 0.29) is 29.9 Å². The maximum absolute atomic E-state index is 16.3. The van der Waals surface area contributed by atoms with E-state index in [4.69, 9.17) is 9.97 Å². The van der Waals surface area contributed by atoms with E-state index in [0.29, 0.717) is 18.8 Å². The maximum atomic E-state index is 16.3. The first-order valence-electron chi connectivity index (χ1n) is 18.1. The molecule has 0 unspecified atom stereocenters. The van der Waals surface area contributed by atoms with Crippen LogP contribution in [-0.4, -0.2) is 33.0 Å². The lowest BCUT2D eigenvalue weighted by molar-refractivity contribution is 0.568. The summed E-state index contributed by atoms with van der Waals surface area (Å²) in [6.45, 7) is 2.99. The molecule has 10 rings (SSSR count). The zero-order chi connectivity index (χ0) is 33.3. The number of fused-ring (bicyclic) bond motifs is 3. The molecule has 6 heterocycles. The van der Waals surface area contributed by atoms with Crippen molar-refractivity contribution in [3.63, 3.8) is 0 Å². The molecule has 50 heavy (non-hydrogen) atoms. The van der Waals surface area contributed by atoms with Crippen LogP contribution >= 0.6 is 0 Å². The Kier molecular flexibility index (Phi) is 7.16. The molecule has 2 aromatic heterocycles. The molecular formula is C40H40F2N8. The normalized spacial score (nSPS) is 23.6. The van der Waals surface area contributed by atoms with Crippen LogP contribution in [0.1, 0.15) is 96.6 Å². The third-order valence-electron chi connectivity index (χ3n) is 11.4. The fraction of sp³-hybridized carbons (Fsp3) is 0.350.